The number of fused-ring (bicyclic) bond motifs is 1. The van der Waals surface area contributed by atoms with Gasteiger partial charge in [0.05, 0.1) is 5.52 Å². The molecule has 1 saturated heterocycles. The first-order chi connectivity index (χ1) is 10.4. The van der Waals surface area contributed by atoms with Crippen molar-refractivity contribution in [2.75, 3.05) is 19.6 Å². The Labute approximate surface area is 127 Å². The molecule has 2 aromatic rings. The van der Waals surface area contributed by atoms with Gasteiger partial charge in [0.1, 0.15) is 0 Å². The lowest BCUT2D eigenvalue weighted by Crippen LogP contribution is -2.37. The van der Waals surface area contributed by atoms with E-state index in [1.807, 2.05) is 12.3 Å². The summed E-state index contributed by atoms with van der Waals surface area (Å²) in [6.45, 7) is 6.70. The van der Waals surface area contributed by atoms with Crippen LogP contribution in [0.5, 0.6) is 0 Å². The fourth-order valence-corrected chi connectivity index (χ4v) is 3.29. The van der Waals surface area contributed by atoms with Crippen molar-refractivity contribution in [1.82, 2.24) is 15.2 Å². The van der Waals surface area contributed by atoms with Gasteiger partial charge in [-0.05, 0) is 44.0 Å². The molecule has 3 rings (SSSR count). The van der Waals surface area contributed by atoms with Crippen molar-refractivity contribution in [2.24, 2.45) is 0 Å². The molecular weight excluding hydrogens is 258 g/mol. The van der Waals surface area contributed by atoms with Crippen LogP contribution in [-0.4, -0.2) is 35.6 Å². The third-order valence-electron chi connectivity index (χ3n) is 4.40. The number of para-hydroxylation sites is 1. The van der Waals surface area contributed by atoms with Crippen LogP contribution >= 0.6 is 0 Å². The number of nitrogens with zero attached hydrogens (tertiary/aromatic N) is 2. The minimum atomic E-state index is 0.676. The second kappa shape index (κ2) is 7.01. The average molecular weight is 283 g/mol. The van der Waals surface area contributed by atoms with E-state index in [1.165, 1.54) is 36.8 Å². The van der Waals surface area contributed by atoms with Crippen LogP contribution < -0.4 is 5.32 Å². The first-order valence-corrected chi connectivity index (χ1v) is 8.16. The summed E-state index contributed by atoms with van der Waals surface area (Å²) in [4.78, 5) is 7.20. The molecule has 112 valence electrons. The van der Waals surface area contributed by atoms with Crippen molar-refractivity contribution in [3.05, 3.63) is 42.1 Å². The number of pyridine rings is 1. The smallest absolute Gasteiger partial charge is 0.0746 e. The minimum Gasteiger partial charge on any atom is -0.315 e. The average Bonchev–Trinajstić information content (AvgIpc) is 2.95. The molecule has 0 saturated carbocycles. The Bertz CT molecular complexity index is 576. The summed E-state index contributed by atoms with van der Waals surface area (Å²) in [5, 5.41) is 4.82. The standard InChI is InChI=1S/C18H25N3/c1-2-10-19-13-17-9-5-12-21(17)14-16-7-3-6-15-8-4-11-20-18(15)16/h3-4,6-8,11,17,19H,2,5,9-10,12-14H2,1H3. The summed E-state index contributed by atoms with van der Waals surface area (Å²) in [5.41, 5.74) is 2.52. The van der Waals surface area contributed by atoms with Crippen molar-refractivity contribution in [3.63, 3.8) is 0 Å². The van der Waals surface area contributed by atoms with Crippen LogP contribution in [0.1, 0.15) is 31.7 Å². The third-order valence-corrected chi connectivity index (χ3v) is 4.40. The Balaban J connectivity index is 1.72. The van der Waals surface area contributed by atoms with E-state index in [0.717, 1.165) is 25.2 Å². The highest BCUT2D eigenvalue weighted by atomic mass is 15.2. The normalized spacial score (nSPS) is 19.4. The van der Waals surface area contributed by atoms with Crippen LogP contribution in [0, 0.1) is 0 Å². The lowest BCUT2D eigenvalue weighted by atomic mass is 10.1. The van der Waals surface area contributed by atoms with Gasteiger partial charge in [-0.2, -0.15) is 0 Å². The maximum Gasteiger partial charge on any atom is 0.0746 e. The number of benzene rings is 1. The van der Waals surface area contributed by atoms with Crippen molar-refractivity contribution in [3.8, 4) is 0 Å². The zero-order chi connectivity index (χ0) is 14.5. The Hall–Kier alpha value is -1.45. The molecule has 3 nitrogen and oxygen atoms in total. The molecular formula is C18H25N3. The predicted octanol–water partition coefficient (Wildman–Crippen LogP) is 3.20. The topological polar surface area (TPSA) is 28.2 Å². The fraction of sp³-hybridized carbons (Fsp3) is 0.500. The van der Waals surface area contributed by atoms with E-state index in [4.69, 9.17) is 0 Å². The van der Waals surface area contributed by atoms with Crippen molar-refractivity contribution < 1.29 is 0 Å². The maximum atomic E-state index is 4.58. The lowest BCUT2D eigenvalue weighted by Gasteiger charge is -2.25. The zero-order valence-electron chi connectivity index (χ0n) is 12.9. The van der Waals surface area contributed by atoms with Gasteiger partial charge in [-0.3, -0.25) is 9.88 Å². The van der Waals surface area contributed by atoms with Crippen LogP contribution in [0.3, 0.4) is 0 Å². The molecule has 2 heterocycles. The predicted molar refractivity (Wildman–Crippen MR) is 88.3 cm³/mol. The highest BCUT2D eigenvalue weighted by Gasteiger charge is 2.24. The third kappa shape index (κ3) is 3.42. The van der Waals surface area contributed by atoms with E-state index in [-0.39, 0.29) is 0 Å². The molecule has 1 unspecified atom stereocenters. The van der Waals surface area contributed by atoms with Crippen molar-refractivity contribution in [2.45, 2.75) is 38.8 Å². The Morgan fingerprint density at radius 2 is 2.19 bits per heavy atom. The second-order valence-electron chi connectivity index (χ2n) is 5.96. The number of hydrogen-bond acceptors (Lipinski definition) is 3. The Kier molecular flexibility index (Phi) is 4.84. The molecule has 1 N–H and O–H groups in total. The largest absolute Gasteiger partial charge is 0.315 e. The summed E-state index contributed by atoms with van der Waals surface area (Å²) in [6, 6.07) is 11.4. The molecule has 21 heavy (non-hydrogen) atoms. The van der Waals surface area contributed by atoms with E-state index in [0.29, 0.717) is 6.04 Å². The molecule has 0 bridgehead atoms. The van der Waals surface area contributed by atoms with Gasteiger partial charge < -0.3 is 5.32 Å². The molecule has 0 radical (unpaired) electrons. The van der Waals surface area contributed by atoms with E-state index in [1.54, 1.807) is 0 Å². The molecule has 1 aliphatic heterocycles. The minimum absolute atomic E-state index is 0.676. The Morgan fingerprint density at radius 3 is 3.10 bits per heavy atom. The van der Waals surface area contributed by atoms with Crippen LogP contribution in [0.4, 0.5) is 0 Å². The second-order valence-corrected chi connectivity index (χ2v) is 5.96. The van der Waals surface area contributed by atoms with Gasteiger partial charge in [0.25, 0.3) is 0 Å². The molecule has 3 heteroatoms. The summed E-state index contributed by atoms with van der Waals surface area (Å²) in [6.07, 6.45) is 5.74. The van der Waals surface area contributed by atoms with Crippen molar-refractivity contribution in [1.29, 1.82) is 0 Å². The molecule has 1 aliphatic rings. The SMILES string of the molecule is CCCNCC1CCCN1Cc1cccc2cccnc12. The van der Waals surface area contributed by atoms with Gasteiger partial charge in [0, 0.05) is 30.7 Å². The van der Waals surface area contributed by atoms with E-state index in [2.05, 4.69) is 46.4 Å². The first kappa shape index (κ1) is 14.5. The van der Waals surface area contributed by atoms with Gasteiger partial charge in [0.15, 0.2) is 0 Å². The number of nitrogens with one attached hydrogen (secondary N) is 1. The summed E-state index contributed by atoms with van der Waals surface area (Å²) in [7, 11) is 0. The highest BCUT2D eigenvalue weighted by molar-refractivity contribution is 5.81. The summed E-state index contributed by atoms with van der Waals surface area (Å²) in [5.74, 6) is 0. The molecule has 0 aliphatic carbocycles. The van der Waals surface area contributed by atoms with Gasteiger partial charge in [-0.1, -0.05) is 31.2 Å². The summed E-state index contributed by atoms with van der Waals surface area (Å²) < 4.78 is 0. The van der Waals surface area contributed by atoms with Crippen molar-refractivity contribution >= 4 is 10.9 Å². The van der Waals surface area contributed by atoms with Crippen LogP contribution in [0.2, 0.25) is 0 Å². The lowest BCUT2D eigenvalue weighted by molar-refractivity contribution is 0.240. The summed E-state index contributed by atoms with van der Waals surface area (Å²) >= 11 is 0. The number of hydrogen-bond donors (Lipinski definition) is 1. The first-order valence-electron chi connectivity index (χ1n) is 8.16. The molecule has 1 atom stereocenters. The van der Waals surface area contributed by atoms with Crippen LogP contribution in [-0.2, 0) is 6.54 Å². The number of rotatable bonds is 6. The number of aromatic nitrogens is 1. The Morgan fingerprint density at radius 1 is 1.29 bits per heavy atom. The number of likely N-dealkylation sites (tertiary alicyclic amines) is 1. The van der Waals surface area contributed by atoms with Gasteiger partial charge in [-0.25, -0.2) is 0 Å². The zero-order valence-corrected chi connectivity index (χ0v) is 12.9. The molecule has 1 aromatic carbocycles. The van der Waals surface area contributed by atoms with Gasteiger partial charge in [-0.15, -0.1) is 0 Å². The highest BCUT2D eigenvalue weighted by Crippen LogP contribution is 2.23. The molecule has 1 aromatic heterocycles. The monoisotopic (exact) mass is 283 g/mol. The van der Waals surface area contributed by atoms with Gasteiger partial charge in [0.2, 0.25) is 0 Å². The van der Waals surface area contributed by atoms with Gasteiger partial charge >= 0.3 is 0 Å². The van der Waals surface area contributed by atoms with Crippen LogP contribution in [0.25, 0.3) is 10.9 Å². The maximum absolute atomic E-state index is 4.58. The molecule has 1 fully saturated rings. The fourth-order valence-electron chi connectivity index (χ4n) is 3.29. The van der Waals surface area contributed by atoms with Crippen LogP contribution in [0.15, 0.2) is 36.5 Å². The molecule has 0 spiro atoms. The van der Waals surface area contributed by atoms with E-state index < -0.39 is 0 Å². The van der Waals surface area contributed by atoms with E-state index in [9.17, 15) is 0 Å². The quantitative estimate of drug-likeness (QED) is 0.825. The van der Waals surface area contributed by atoms with E-state index >= 15 is 0 Å². The molecule has 0 amide bonds.